The number of hydrogen-bond acceptors (Lipinski definition) is 4. The van der Waals surface area contributed by atoms with E-state index in [4.69, 9.17) is 27.7 Å². The normalized spacial score (nSPS) is 14.9. The summed E-state index contributed by atoms with van der Waals surface area (Å²) in [5.41, 5.74) is 0.934. The van der Waals surface area contributed by atoms with Gasteiger partial charge in [0.25, 0.3) is 0 Å². The van der Waals surface area contributed by atoms with Crippen molar-refractivity contribution in [1.29, 1.82) is 0 Å². The molecular weight excluding hydrogens is 339 g/mol. The summed E-state index contributed by atoms with van der Waals surface area (Å²) in [4.78, 5) is 16.1. The predicted octanol–water partition coefficient (Wildman–Crippen LogP) is 3.64. The summed E-state index contributed by atoms with van der Waals surface area (Å²) in [6, 6.07) is 6.94. The van der Waals surface area contributed by atoms with Crippen molar-refractivity contribution in [3.63, 3.8) is 0 Å². The van der Waals surface area contributed by atoms with Gasteiger partial charge in [0.15, 0.2) is 5.82 Å². The van der Waals surface area contributed by atoms with E-state index in [0.717, 1.165) is 5.69 Å². The van der Waals surface area contributed by atoms with Crippen LogP contribution in [0.4, 0.5) is 16.3 Å². The molecule has 6 nitrogen and oxygen atoms in total. The molecule has 2 amide bonds. The van der Waals surface area contributed by atoms with Gasteiger partial charge in [0.05, 0.1) is 10.7 Å². The van der Waals surface area contributed by atoms with Crippen LogP contribution in [0.3, 0.4) is 0 Å². The highest BCUT2D eigenvalue weighted by Crippen LogP contribution is 2.29. The van der Waals surface area contributed by atoms with Crippen molar-refractivity contribution in [2.24, 2.45) is 0 Å². The number of nitrogens with one attached hydrogen (secondary N) is 1. The third-order valence-corrected chi connectivity index (χ3v) is 4.22. The van der Waals surface area contributed by atoms with Crippen LogP contribution in [0.25, 0.3) is 0 Å². The van der Waals surface area contributed by atoms with Crippen LogP contribution in [-0.2, 0) is 0 Å². The van der Waals surface area contributed by atoms with Crippen molar-refractivity contribution in [1.82, 2.24) is 10.1 Å². The van der Waals surface area contributed by atoms with Crippen LogP contribution in [0.5, 0.6) is 0 Å². The second-order valence-electron chi connectivity index (χ2n) is 5.32. The van der Waals surface area contributed by atoms with E-state index in [-0.39, 0.29) is 6.03 Å². The predicted molar refractivity (Wildman–Crippen MR) is 90.5 cm³/mol. The van der Waals surface area contributed by atoms with E-state index in [0.29, 0.717) is 47.8 Å². The first-order chi connectivity index (χ1) is 11.0. The van der Waals surface area contributed by atoms with Crippen LogP contribution in [0.1, 0.15) is 5.76 Å². The summed E-state index contributed by atoms with van der Waals surface area (Å²) in [6.45, 7) is 4.37. The van der Waals surface area contributed by atoms with Gasteiger partial charge in [-0.15, -0.1) is 0 Å². The van der Waals surface area contributed by atoms with E-state index >= 15 is 0 Å². The molecule has 2 aromatic rings. The molecule has 1 aliphatic heterocycles. The van der Waals surface area contributed by atoms with Crippen LogP contribution >= 0.6 is 23.2 Å². The maximum absolute atomic E-state index is 12.2. The lowest BCUT2D eigenvalue weighted by atomic mass is 10.2. The van der Waals surface area contributed by atoms with Crippen LogP contribution in [0.2, 0.25) is 10.0 Å². The molecule has 1 N–H and O–H groups in total. The largest absolute Gasteiger partial charge is 0.367 e. The minimum Gasteiger partial charge on any atom is -0.367 e. The molecule has 0 unspecified atom stereocenters. The number of rotatable bonds is 2. The number of carbonyl (C=O) groups excluding carboxylic acids is 1. The average Bonchev–Trinajstić information content (AvgIpc) is 2.92. The van der Waals surface area contributed by atoms with E-state index in [9.17, 15) is 4.79 Å². The third-order valence-electron chi connectivity index (χ3n) is 3.68. The van der Waals surface area contributed by atoms with Gasteiger partial charge in [-0.25, -0.2) is 4.79 Å². The average molecular weight is 355 g/mol. The molecule has 0 radical (unpaired) electrons. The Morgan fingerprint density at radius 1 is 1.22 bits per heavy atom. The zero-order valence-electron chi connectivity index (χ0n) is 12.6. The molecule has 0 atom stereocenters. The van der Waals surface area contributed by atoms with E-state index in [1.165, 1.54) is 0 Å². The van der Waals surface area contributed by atoms with Crippen LogP contribution in [0, 0.1) is 6.92 Å². The topological polar surface area (TPSA) is 61.6 Å². The fourth-order valence-corrected chi connectivity index (χ4v) is 3.03. The van der Waals surface area contributed by atoms with Crippen LogP contribution in [0.15, 0.2) is 28.8 Å². The molecule has 1 fully saturated rings. The molecule has 3 rings (SSSR count). The number of amides is 2. The van der Waals surface area contributed by atoms with Crippen molar-refractivity contribution < 1.29 is 9.32 Å². The van der Waals surface area contributed by atoms with Gasteiger partial charge in [0.2, 0.25) is 0 Å². The molecule has 1 aliphatic rings. The first-order valence-corrected chi connectivity index (χ1v) is 7.98. The highest BCUT2D eigenvalue weighted by atomic mass is 35.5. The maximum Gasteiger partial charge on any atom is 0.323 e. The lowest BCUT2D eigenvalue weighted by Gasteiger charge is -2.36. The summed E-state index contributed by atoms with van der Waals surface area (Å²) in [5, 5.41) is 7.71. The Kier molecular flexibility index (Phi) is 4.63. The van der Waals surface area contributed by atoms with Gasteiger partial charge >= 0.3 is 6.03 Å². The van der Waals surface area contributed by atoms with Crippen molar-refractivity contribution in [2.75, 3.05) is 36.4 Å². The van der Waals surface area contributed by atoms with Crippen molar-refractivity contribution in [2.45, 2.75) is 6.92 Å². The Bertz CT molecular complexity index is 711. The number of aryl methyl sites for hydroxylation is 1. The number of hydrogen-bond donors (Lipinski definition) is 1. The standard InChI is InChI=1S/C15H16Cl2N4O2/c1-10-8-14(19-23-10)18-15(22)21-6-4-20(5-7-21)13-3-2-11(16)9-12(13)17/h2-3,8-9H,4-7H2,1H3,(H,18,19,22). The van der Waals surface area contributed by atoms with Crippen LogP contribution in [-0.4, -0.2) is 42.3 Å². The van der Waals surface area contributed by atoms with Gasteiger partial charge in [0, 0.05) is 37.3 Å². The number of benzene rings is 1. The summed E-state index contributed by atoms with van der Waals surface area (Å²) < 4.78 is 4.93. The minimum atomic E-state index is -0.180. The highest BCUT2D eigenvalue weighted by molar-refractivity contribution is 6.36. The number of nitrogens with zero attached hydrogens (tertiary/aromatic N) is 3. The summed E-state index contributed by atoms with van der Waals surface area (Å²) in [6.07, 6.45) is 0. The van der Waals surface area contributed by atoms with Gasteiger partial charge in [-0.2, -0.15) is 0 Å². The second-order valence-corrected chi connectivity index (χ2v) is 6.17. The van der Waals surface area contributed by atoms with Gasteiger partial charge in [0.1, 0.15) is 5.76 Å². The minimum absolute atomic E-state index is 0.180. The smallest absolute Gasteiger partial charge is 0.323 e. The zero-order valence-corrected chi connectivity index (χ0v) is 14.1. The molecule has 2 heterocycles. The lowest BCUT2D eigenvalue weighted by Crippen LogP contribution is -2.50. The molecule has 0 spiro atoms. The number of urea groups is 1. The molecule has 0 aliphatic carbocycles. The van der Waals surface area contributed by atoms with Gasteiger partial charge in [-0.1, -0.05) is 28.4 Å². The van der Waals surface area contributed by atoms with Gasteiger partial charge < -0.3 is 14.3 Å². The lowest BCUT2D eigenvalue weighted by molar-refractivity contribution is 0.208. The zero-order chi connectivity index (χ0) is 16.4. The van der Waals surface area contributed by atoms with Gasteiger partial charge in [-0.05, 0) is 25.1 Å². The van der Waals surface area contributed by atoms with E-state index in [1.54, 1.807) is 24.0 Å². The number of piperazine rings is 1. The molecule has 0 bridgehead atoms. The Morgan fingerprint density at radius 3 is 2.57 bits per heavy atom. The van der Waals surface area contributed by atoms with Gasteiger partial charge in [-0.3, -0.25) is 5.32 Å². The number of aromatic nitrogens is 1. The van der Waals surface area contributed by atoms with E-state index in [1.807, 2.05) is 12.1 Å². The molecule has 23 heavy (non-hydrogen) atoms. The van der Waals surface area contributed by atoms with Crippen molar-refractivity contribution >= 4 is 40.7 Å². The van der Waals surface area contributed by atoms with Crippen molar-refractivity contribution in [3.8, 4) is 0 Å². The third kappa shape index (κ3) is 3.71. The summed E-state index contributed by atoms with van der Waals surface area (Å²) >= 11 is 12.2. The van der Waals surface area contributed by atoms with E-state index < -0.39 is 0 Å². The first kappa shape index (κ1) is 16.0. The van der Waals surface area contributed by atoms with Crippen molar-refractivity contribution in [3.05, 3.63) is 40.1 Å². The number of halogens is 2. The quantitative estimate of drug-likeness (QED) is 0.893. The molecule has 1 saturated heterocycles. The Balaban J connectivity index is 1.58. The fourth-order valence-electron chi connectivity index (χ4n) is 2.50. The number of anilines is 2. The SMILES string of the molecule is Cc1cc(NC(=O)N2CCN(c3ccc(Cl)cc3Cl)CC2)no1. The monoisotopic (exact) mass is 354 g/mol. The Hall–Kier alpha value is -1.92. The van der Waals surface area contributed by atoms with Crippen LogP contribution < -0.4 is 10.2 Å². The molecule has 8 heteroatoms. The van der Waals surface area contributed by atoms with E-state index in [2.05, 4.69) is 15.4 Å². The Morgan fingerprint density at radius 2 is 1.96 bits per heavy atom. The fraction of sp³-hybridized carbons (Fsp3) is 0.333. The molecule has 1 aromatic heterocycles. The second kappa shape index (κ2) is 6.68. The number of carbonyl (C=O) groups is 1. The Labute approximate surface area is 143 Å². The molecule has 122 valence electrons. The highest BCUT2D eigenvalue weighted by Gasteiger charge is 2.23. The first-order valence-electron chi connectivity index (χ1n) is 7.22. The molecule has 0 saturated carbocycles. The molecule has 1 aromatic carbocycles. The molecular formula is C15H16Cl2N4O2. The maximum atomic E-state index is 12.2. The summed E-state index contributed by atoms with van der Waals surface area (Å²) in [5.74, 6) is 1.08. The summed E-state index contributed by atoms with van der Waals surface area (Å²) in [7, 11) is 0.